The highest BCUT2D eigenvalue weighted by molar-refractivity contribution is 5.97. The molecule has 2 N–H and O–H groups in total. The standard InChI is InChI=1S/C22H25N3O3/c1-2-20(26)24-18-9-6-8-17(14-18)22(28)23-15-16-7-5-10-19(13-16)25-12-4-3-11-21(25)27/h5-10,13-14H,2-4,11-12,15H2,1H3,(H,23,28)(H,24,26). The van der Waals surface area contributed by atoms with Crippen molar-refractivity contribution in [2.75, 3.05) is 16.8 Å². The van der Waals surface area contributed by atoms with Crippen LogP contribution in [0.4, 0.5) is 11.4 Å². The van der Waals surface area contributed by atoms with Crippen molar-refractivity contribution < 1.29 is 14.4 Å². The summed E-state index contributed by atoms with van der Waals surface area (Å²) < 4.78 is 0. The molecule has 0 atom stereocenters. The van der Waals surface area contributed by atoms with E-state index < -0.39 is 0 Å². The van der Waals surface area contributed by atoms with Gasteiger partial charge in [0.25, 0.3) is 5.91 Å². The molecule has 2 aromatic carbocycles. The lowest BCUT2D eigenvalue weighted by Crippen LogP contribution is -2.35. The quantitative estimate of drug-likeness (QED) is 0.806. The van der Waals surface area contributed by atoms with Crippen LogP contribution < -0.4 is 15.5 Å². The van der Waals surface area contributed by atoms with Crippen LogP contribution in [0.15, 0.2) is 48.5 Å². The summed E-state index contributed by atoms with van der Waals surface area (Å²) in [6.07, 6.45) is 2.93. The maximum absolute atomic E-state index is 12.5. The molecule has 0 spiro atoms. The zero-order valence-corrected chi connectivity index (χ0v) is 16.0. The molecule has 1 aliphatic rings. The monoisotopic (exact) mass is 379 g/mol. The van der Waals surface area contributed by atoms with Crippen LogP contribution in [0.2, 0.25) is 0 Å². The van der Waals surface area contributed by atoms with Gasteiger partial charge in [-0.1, -0.05) is 25.1 Å². The Morgan fingerprint density at radius 3 is 2.68 bits per heavy atom. The van der Waals surface area contributed by atoms with E-state index in [1.54, 1.807) is 31.2 Å². The van der Waals surface area contributed by atoms with Crippen molar-refractivity contribution in [3.63, 3.8) is 0 Å². The van der Waals surface area contributed by atoms with Gasteiger partial charge in [-0.15, -0.1) is 0 Å². The predicted molar refractivity (Wildman–Crippen MR) is 109 cm³/mol. The van der Waals surface area contributed by atoms with Crippen LogP contribution in [0.5, 0.6) is 0 Å². The second-order valence-corrected chi connectivity index (χ2v) is 6.84. The van der Waals surface area contributed by atoms with E-state index in [4.69, 9.17) is 0 Å². The van der Waals surface area contributed by atoms with E-state index in [2.05, 4.69) is 10.6 Å². The summed E-state index contributed by atoms with van der Waals surface area (Å²) >= 11 is 0. The third-order valence-electron chi connectivity index (χ3n) is 4.73. The highest BCUT2D eigenvalue weighted by Gasteiger charge is 2.19. The average molecular weight is 379 g/mol. The van der Waals surface area contributed by atoms with Crippen LogP contribution >= 0.6 is 0 Å². The van der Waals surface area contributed by atoms with E-state index >= 15 is 0 Å². The van der Waals surface area contributed by atoms with Gasteiger partial charge in [-0.3, -0.25) is 14.4 Å². The van der Waals surface area contributed by atoms with E-state index in [1.165, 1.54) is 0 Å². The molecule has 1 fully saturated rings. The van der Waals surface area contributed by atoms with Crippen LogP contribution in [0, 0.1) is 0 Å². The molecule has 6 nitrogen and oxygen atoms in total. The van der Waals surface area contributed by atoms with Gasteiger partial charge in [-0.05, 0) is 48.7 Å². The molecule has 0 unspecified atom stereocenters. The topological polar surface area (TPSA) is 78.5 Å². The Labute approximate surface area is 164 Å². The second kappa shape index (κ2) is 9.17. The smallest absolute Gasteiger partial charge is 0.251 e. The second-order valence-electron chi connectivity index (χ2n) is 6.84. The van der Waals surface area contributed by atoms with Gasteiger partial charge < -0.3 is 15.5 Å². The zero-order valence-electron chi connectivity index (χ0n) is 16.0. The Hall–Kier alpha value is -3.15. The number of anilines is 2. The summed E-state index contributed by atoms with van der Waals surface area (Å²) in [7, 11) is 0. The SMILES string of the molecule is CCC(=O)Nc1cccc(C(=O)NCc2cccc(N3CCCCC3=O)c2)c1. The summed E-state index contributed by atoms with van der Waals surface area (Å²) in [6, 6.07) is 14.6. The lowest BCUT2D eigenvalue weighted by molar-refractivity contribution is -0.119. The fraction of sp³-hybridized carbons (Fsp3) is 0.318. The molecule has 1 heterocycles. The van der Waals surface area contributed by atoms with Gasteiger partial charge in [0.1, 0.15) is 0 Å². The molecule has 1 aliphatic heterocycles. The number of amides is 3. The number of nitrogens with zero attached hydrogens (tertiary/aromatic N) is 1. The third-order valence-corrected chi connectivity index (χ3v) is 4.73. The first-order valence-electron chi connectivity index (χ1n) is 9.64. The molecule has 0 radical (unpaired) electrons. The van der Waals surface area contributed by atoms with Crippen LogP contribution in [-0.4, -0.2) is 24.3 Å². The van der Waals surface area contributed by atoms with Gasteiger partial charge in [0, 0.05) is 42.9 Å². The van der Waals surface area contributed by atoms with Crippen LogP contribution in [0.1, 0.15) is 48.5 Å². The number of nitrogens with one attached hydrogen (secondary N) is 2. The first-order valence-corrected chi connectivity index (χ1v) is 9.64. The molecule has 146 valence electrons. The molecule has 6 heteroatoms. The summed E-state index contributed by atoms with van der Waals surface area (Å²) in [6.45, 7) is 2.88. The van der Waals surface area contributed by atoms with Gasteiger partial charge >= 0.3 is 0 Å². The van der Waals surface area contributed by atoms with Gasteiger partial charge in [0.05, 0.1) is 0 Å². The van der Waals surface area contributed by atoms with Crippen molar-refractivity contribution in [1.82, 2.24) is 5.32 Å². The van der Waals surface area contributed by atoms with E-state index in [0.717, 1.165) is 30.6 Å². The fourth-order valence-corrected chi connectivity index (χ4v) is 3.19. The minimum absolute atomic E-state index is 0.0957. The summed E-state index contributed by atoms with van der Waals surface area (Å²) in [5, 5.41) is 5.65. The Morgan fingerprint density at radius 1 is 1.07 bits per heavy atom. The highest BCUT2D eigenvalue weighted by Crippen LogP contribution is 2.22. The Balaban J connectivity index is 1.63. The normalized spacial score (nSPS) is 13.9. The minimum atomic E-state index is -0.216. The van der Waals surface area contributed by atoms with Crippen LogP contribution in [-0.2, 0) is 16.1 Å². The fourth-order valence-electron chi connectivity index (χ4n) is 3.19. The Morgan fingerprint density at radius 2 is 1.89 bits per heavy atom. The third kappa shape index (κ3) is 4.97. The van der Waals surface area contributed by atoms with Gasteiger partial charge in [-0.25, -0.2) is 0 Å². The number of hydrogen-bond donors (Lipinski definition) is 2. The summed E-state index contributed by atoms with van der Waals surface area (Å²) in [4.78, 5) is 37.9. The molecule has 0 aliphatic carbocycles. The number of rotatable bonds is 6. The summed E-state index contributed by atoms with van der Waals surface area (Å²) in [5.41, 5.74) is 2.89. The molecular weight excluding hydrogens is 354 g/mol. The van der Waals surface area contributed by atoms with Gasteiger partial charge in [-0.2, -0.15) is 0 Å². The maximum atomic E-state index is 12.5. The molecular formula is C22H25N3O3. The zero-order chi connectivity index (χ0) is 19.9. The van der Waals surface area contributed by atoms with Crippen molar-refractivity contribution in [2.45, 2.75) is 39.2 Å². The molecule has 28 heavy (non-hydrogen) atoms. The number of carbonyl (C=O) groups is 3. The Bertz CT molecular complexity index is 879. The highest BCUT2D eigenvalue weighted by atomic mass is 16.2. The molecule has 3 amide bonds. The predicted octanol–water partition coefficient (Wildman–Crippen LogP) is 3.48. The van der Waals surface area contributed by atoms with Crippen molar-refractivity contribution in [3.8, 4) is 0 Å². The van der Waals surface area contributed by atoms with Crippen LogP contribution in [0.25, 0.3) is 0 Å². The molecule has 1 saturated heterocycles. The summed E-state index contributed by atoms with van der Waals surface area (Å²) in [5.74, 6) is -0.160. The number of carbonyl (C=O) groups excluding carboxylic acids is 3. The minimum Gasteiger partial charge on any atom is -0.348 e. The van der Waals surface area contributed by atoms with Crippen molar-refractivity contribution in [2.24, 2.45) is 0 Å². The lowest BCUT2D eigenvalue weighted by Gasteiger charge is -2.27. The first-order chi connectivity index (χ1) is 13.6. The van der Waals surface area contributed by atoms with Crippen molar-refractivity contribution in [3.05, 3.63) is 59.7 Å². The molecule has 2 aromatic rings. The Kier molecular flexibility index (Phi) is 6.42. The molecule has 0 bridgehead atoms. The number of piperidine rings is 1. The number of benzene rings is 2. The van der Waals surface area contributed by atoms with E-state index in [1.807, 2.05) is 29.2 Å². The molecule has 0 saturated carbocycles. The maximum Gasteiger partial charge on any atom is 0.251 e. The largest absolute Gasteiger partial charge is 0.348 e. The first kappa shape index (κ1) is 19.6. The van der Waals surface area contributed by atoms with E-state index in [0.29, 0.717) is 30.6 Å². The van der Waals surface area contributed by atoms with Crippen molar-refractivity contribution in [1.29, 1.82) is 0 Å². The molecule has 3 rings (SSSR count). The lowest BCUT2D eigenvalue weighted by atomic mass is 10.1. The van der Waals surface area contributed by atoms with Gasteiger partial charge in [0.15, 0.2) is 0 Å². The van der Waals surface area contributed by atoms with Crippen LogP contribution in [0.3, 0.4) is 0 Å². The van der Waals surface area contributed by atoms with E-state index in [-0.39, 0.29) is 17.7 Å². The number of hydrogen-bond acceptors (Lipinski definition) is 3. The van der Waals surface area contributed by atoms with E-state index in [9.17, 15) is 14.4 Å². The van der Waals surface area contributed by atoms with Gasteiger partial charge in [0.2, 0.25) is 11.8 Å². The molecule has 0 aromatic heterocycles. The van der Waals surface area contributed by atoms with Crippen molar-refractivity contribution >= 4 is 29.1 Å². The average Bonchev–Trinajstić information content (AvgIpc) is 2.72.